The molecule has 0 aliphatic heterocycles. The lowest BCUT2D eigenvalue weighted by Gasteiger charge is -1.97. The molecule has 0 radical (unpaired) electrons. The molecule has 0 N–H and O–H groups in total. The quantitative estimate of drug-likeness (QED) is 0.450. The van der Waals surface area contributed by atoms with Gasteiger partial charge in [-0.05, 0) is 30.3 Å². The fourth-order valence-corrected chi connectivity index (χ4v) is 2.43. The number of aromatic nitrogens is 1. The standard InChI is InChI=1S/C15H8ClNO/c16-10-6-5-9-7-14-15(17-12(9)8-10)11-3-1-2-4-13(11)18-14/h1-8H. The van der Waals surface area contributed by atoms with Gasteiger partial charge in [0, 0.05) is 15.8 Å². The molecule has 86 valence electrons. The molecule has 2 aromatic carbocycles. The highest BCUT2D eigenvalue weighted by Crippen LogP contribution is 2.30. The van der Waals surface area contributed by atoms with Crippen LogP contribution in [0.4, 0.5) is 0 Å². The number of halogens is 1. The zero-order valence-electron chi connectivity index (χ0n) is 9.35. The maximum atomic E-state index is 6.00. The van der Waals surface area contributed by atoms with Crippen LogP contribution >= 0.6 is 11.6 Å². The number of pyridine rings is 1. The van der Waals surface area contributed by atoms with E-state index in [2.05, 4.69) is 4.98 Å². The van der Waals surface area contributed by atoms with E-state index < -0.39 is 0 Å². The summed E-state index contributed by atoms with van der Waals surface area (Å²) in [4.78, 5) is 4.65. The Labute approximate surface area is 108 Å². The SMILES string of the molecule is Clc1ccc2cc3oc4ccccc4c3nc2c1. The van der Waals surface area contributed by atoms with Gasteiger partial charge in [-0.2, -0.15) is 0 Å². The van der Waals surface area contributed by atoms with Gasteiger partial charge in [0.15, 0.2) is 5.58 Å². The fraction of sp³-hybridized carbons (Fsp3) is 0. The summed E-state index contributed by atoms with van der Waals surface area (Å²) in [6, 6.07) is 15.6. The van der Waals surface area contributed by atoms with Gasteiger partial charge in [-0.3, -0.25) is 0 Å². The highest BCUT2D eigenvalue weighted by molar-refractivity contribution is 6.31. The van der Waals surface area contributed by atoms with Crippen LogP contribution in [0.5, 0.6) is 0 Å². The first kappa shape index (κ1) is 9.92. The molecule has 0 atom stereocenters. The maximum Gasteiger partial charge on any atom is 0.154 e. The van der Waals surface area contributed by atoms with E-state index >= 15 is 0 Å². The second kappa shape index (κ2) is 3.47. The van der Waals surface area contributed by atoms with Crippen LogP contribution < -0.4 is 0 Å². The van der Waals surface area contributed by atoms with Crippen molar-refractivity contribution in [2.24, 2.45) is 0 Å². The number of furan rings is 1. The molecule has 0 fully saturated rings. The molecule has 0 unspecified atom stereocenters. The Balaban J connectivity index is 2.24. The molecule has 4 rings (SSSR count). The lowest BCUT2D eigenvalue weighted by molar-refractivity contribution is 0.669. The van der Waals surface area contributed by atoms with E-state index in [-0.39, 0.29) is 0 Å². The van der Waals surface area contributed by atoms with Gasteiger partial charge in [0.1, 0.15) is 11.1 Å². The number of hydrogen-bond donors (Lipinski definition) is 0. The highest BCUT2D eigenvalue weighted by atomic mass is 35.5. The maximum absolute atomic E-state index is 6.00. The van der Waals surface area contributed by atoms with E-state index in [0.29, 0.717) is 5.02 Å². The number of fused-ring (bicyclic) bond motifs is 4. The van der Waals surface area contributed by atoms with Gasteiger partial charge in [0.05, 0.1) is 5.52 Å². The van der Waals surface area contributed by atoms with E-state index in [0.717, 1.165) is 33.0 Å². The van der Waals surface area contributed by atoms with Crippen molar-refractivity contribution < 1.29 is 4.42 Å². The average Bonchev–Trinajstić information content (AvgIpc) is 2.74. The molecule has 4 aromatic rings. The Morgan fingerprint density at radius 1 is 0.944 bits per heavy atom. The van der Waals surface area contributed by atoms with Crippen molar-refractivity contribution >= 4 is 44.6 Å². The van der Waals surface area contributed by atoms with Crippen LogP contribution in [0.1, 0.15) is 0 Å². The summed E-state index contributed by atoms with van der Waals surface area (Å²) in [6.07, 6.45) is 0. The van der Waals surface area contributed by atoms with Crippen molar-refractivity contribution in [3.05, 3.63) is 53.6 Å². The number of nitrogens with zero attached hydrogens (tertiary/aromatic N) is 1. The fourth-order valence-electron chi connectivity index (χ4n) is 2.26. The zero-order chi connectivity index (χ0) is 12.1. The predicted molar refractivity (Wildman–Crippen MR) is 74.0 cm³/mol. The molecule has 0 saturated heterocycles. The van der Waals surface area contributed by atoms with Crippen LogP contribution in [0.15, 0.2) is 52.9 Å². The number of benzene rings is 2. The van der Waals surface area contributed by atoms with Crippen LogP contribution in [0.25, 0.3) is 33.0 Å². The van der Waals surface area contributed by atoms with E-state index in [4.69, 9.17) is 16.0 Å². The van der Waals surface area contributed by atoms with Crippen LogP contribution in [-0.2, 0) is 0 Å². The molecule has 2 nitrogen and oxygen atoms in total. The average molecular weight is 254 g/mol. The molecule has 0 amide bonds. The van der Waals surface area contributed by atoms with Gasteiger partial charge >= 0.3 is 0 Å². The summed E-state index contributed by atoms with van der Waals surface area (Å²) in [5.41, 5.74) is 3.45. The van der Waals surface area contributed by atoms with Gasteiger partial charge in [0.2, 0.25) is 0 Å². The molecular weight excluding hydrogens is 246 g/mol. The van der Waals surface area contributed by atoms with Crippen LogP contribution in [0, 0.1) is 0 Å². The normalized spacial score (nSPS) is 11.6. The minimum absolute atomic E-state index is 0.696. The second-order valence-corrected chi connectivity index (χ2v) is 4.71. The molecule has 0 aliphatic carbocycles. The van der Waals surface area contributed by atoms with Crippen molar-refractivity contribution in [3.63, 3.8) is 0 Å². The summed E-state index contributed by atoms with van der Waals surface area (Å²) >= 11 is 6.00. The molecule has 0 saturated carbocycles. The Morgan fingerprint density at radius 3 is 2.78 bits per heavy atom. The van der Waals surface area contributed by atoms with Crippen LogP contribution in [-0.4, -0.2) is 4.98 Å². The molecule has 0 spiro atoms. The summed E-state index contributed by atoms with van der Waals surface area (Å²) < 4.78 is 5.80. The summed E-state index contributed by atoms with van der Waals surface area (Å²) in [5.74, 6) is 0. The number of rotatable bonds is 0. The molecule has 2 aromatic heterocycles. The third kappa shape index (κ3) is 1.33. The second-order valence-electron chi connectivity index (χ2n) is 4.27. The first-order valence-corrected chi connectivity index (χ1v) is 6.07. The van der Waals surface area contributed by atoms with Crippen molar-refractivity contribution in [1.82, 2.24) is 4.98 Å². The Hall–Kier alpha value is -2.06. The van der Waals surface area contributed by atoms with Crippen LogP contribution in [0.3, 0.4) is 0 Å². The Kier molecular flexibility index (Phi) is 1.91. The monoisotopic (exact) mass is 253 g/mol. The third-order valence-corrected chi connectivity index (χ3v) is 3.34. The largest absolute Gasteiger partial charge is 0.454 e. The molecule has 3 heteroatoms. The van der Waals surface area contributed by atoms with Crippen molar-refractivity contribution in [2.75, 3.05) is 0 Å². The molecular formula is C15H8ClNO. The third-order valence-electron chi connectivity index (χ3n) is 3.11. The first-order chi connectivity index (χ1) is 8.81. The van der Waals surface area contributed by atoms with Crippen molar-refractivity contribution in [2.45, 2.75) is 0 Å². The van der Waals surface area contributed by atoms with Gasteiger partial charge in [0.25, 0.3) is 0 Å². The van der Waals surface area contributed by atoms with E-state index in [9.17, 15) is 0 Å². The summed E-state index contributed by atoms with van der Waals surface area (Å²) in [6.45, 7) is 0. The van der Waals surface area contributed by atoms with Gasteiger partial charge in [-0.25, -0.2) is 4.98 Å². The van der Waals surface area contributed by atoms with Crippen molar-refractivity contribution in [3.8, 4) is 0 Å². The minimum Gasteiger partial charge on any atom is -0.454 e. The minimum atomic E-state index is 0.696. The Bertz CT molecular complexity index is 895. The lowest BCUT2D eigenvalue weighted by Crippen LogP contribution is -1.79. The number of para-hydroxylation sites is 1. The molecule has 0 bridgehead atoms. The zero-order valence-corrected chi connectivity index (χ0v) is 10.1. The topological polar surface area (TPSA) is 26.0 Å². The van der Waals surface area contributed by atoms with Crippen LogP contribution in [0.2, 0.25) is 5.02 Å². The van der Waals surface area contributed by atoms with Gasteiger partial charge < -0.3 is 4.42 Å². The smallest absolute Gasteiger partial charge is 0.154 e. The Morgan fingerprint density at radius 2 is 1.83 bits per heavy atom. The molecule has 18 heavy (non-hydrogen) atoms. The van der Waals surface area contributed by atoms with Crippen molar-refractivity contribution in [1.29, 1.82) is 0 Å². The summed E-state index contributed by atoms with van der Waals surface area (Å²) in [5, 5.41) is 2.77. The predicted octanol–water partition coefficient (Wildman–Crippen LogP) is 4.79. The highest BCUT2D eigenvalue weighted by Gasteiger charge is 2.09. The van der Waals surface area contributed by atoms with E-state index in [1.165, 1.54) is 0 Å². The van der Waals surface area contributed by atoms with E-state index in [1.54, 1.807) is 0 Å². The first-order valence-electron chi connectivity index (χ1n) is 5.69. The molecule has 0 aliphatic rings. The summed E-state index contributed by atoms with van der Waals surface area (Å²) in [7, 11) is 0. The lowest BCUT2D eigenvalue weighted by atomic mass is 10.2. The van der Waals surface area contributed by atoms with E-state index in [1.807, 2.05) is 48.5 Å². The van der Waals surface area contributed by atoms with Gasteiger partial charge in [-0.15, -0.1) is 0 Å². The van der Waals surface area contributed by atoms with Gasteiger partial charge in [-0.1, -0.05) is 29.8 Å². The number of hydrogen-bond acceptors (Lipinski definition) is 2. The molecule has 2 heterocycles.